The topological polar surface area (TPSA) is 24.5 Å². The molecule has 2 rings (SSSR count). The van der Waals surface area contributed by atoms with Crippen LogP contribution in [-0.2, 0) is 0 Å². The van der Waals surface area contributed by atoms with Crippen LogP contribution in [0.1, 0.15) is 13.8 Å². The number of halogens is 2. The van der Waals surface area contributed by atoms with Gasteiger partial charge in [-0.25, -0.2) is 0 Å². The second-order valence-corrected chi connectivity index (χ2v) is 5.52. The molecule has 0 aliphatic rings. The van der Waals surface area contributed by atoms with Crippen LogP contribution in [0.25, 0.3) is 0 Å². The number of para-hydroxylation sites is 1. The quantitative estimate of drug-likeness (QED) is 0.785. The van der Waals surface area contributed by atoms with Crippen molar-refractivity contribution in [1.29, 1.82) is 0 Å². The molecule has 0 aliphatic carbocycles. The first-order chi connectivity index (χ1) is 11.0. The van der Waals surface area contributed by atoms with Gasteiger partial charge in [0, 0.05) is 17.4 Å². The number of nitrogens with zero attached hydrogens (tertiary/aromatic N) is 1. The highest BCUT2D eigenvalue weighted by Crippen LogP contribution is 2.21. The minimum Gasteiger partial charge on any atom is -0.435 e. The lowest BCUT2D eigenvalue weighted by molar-refractivity contribution is -0.0498. The summed E-state index contributed by atoms with van der Waals surface area (Å²) in [4.78, 5) is 1.99. The van der Waals surface area contributed by atoms with Gasteiger partial charge in [-0.05, 0) is 62.5 Å². The fourth-order valence-electron chi connectivity index (χ4n) is 2.14. The second kappa shape index (κ2) is 7.87. The van der Waals surface area contributed by atoms with E-state index in [-0.39, 0.29) is 11.8 Å². The van der Waals surface area contributed by atoms with Crippen molar-refractivity contribution < 1.29 is 13.5 Å². The highest BCUT2D eigenvalue weighted by molar-refractivity contribution is 7.80. The van der Waals surface area contributed by atoms with E-state index in [1.165, 1.54) is 12.1 Å². The van der Waals surface area contributed by atoms with E-state index in [0.717, 1.165) is 5.69 Å². The molecule has 0 aliphatic heterocycles. The standard InChI is InChI=1S/C17H18F2N2OS/c1-12(2)21(14-6-4-3-5-7-14)17(23)20-13-8-10-15(11-9-13)22-16(18)19/h3-12,16H,1-2H3,(H,20,23). The van der Waals surface area contributed by atoms with Crippen molar-refractivity contribution in [3.8, 4) is 5.75 Å². The predicted molar refractivity (Wildman–Crippen MR) is 93.4 cm³/mol. The zero-order chi connectivity index (χ0) is 16.8. The lowest BCUT2D eigenvalue weighted by atomic mass is 10.2. The summed E-state index contributed by atoms with van der Waals surface area (Å²) in [6.45, 7) is 1.26. The van der Waals surface area contributed by atoms with E-state index >= 15 is 0 Å². The molecule has 2 aromatic carbocycles. The molecule has 0 amide bonds. The molecular formula is C17H18F2N2OS. The summed E-state index contributed by atoms with van der Waals surface area (Å²) >= 11 is 5.48. The first-order valence-electron chi connectivity index (χ1n) is 7.17. The van der Waals surface area contributed by atoms with Crippen molar-refractivity contribution in [1.82, 2.24) is 0 Å². The number of benzene rings is 2. The van der Waals surface area contributed by atoms with Crippen LogP contribution in [0.3, 0.4) is 0 Å². The maximum Gasteiger partial charge on any atom is 0.387 e. The molecule has 3 nitrogen and oxygen atoms in total. The van der Waals surface area contributed by atoms with Gasteiger partial charge in [0.2, 0.25) is 0 Å². The minimum absolute atomic E-state index is 0.111. The zero-order valence-electron chi connectivity index (χ0n) is 12.9. The smallest absolute Gasteiger partial charge is 0.387 e. The first kappa shape index (κ1) is 17.1. The van der Waals surface area contributed by atoms with Crippen LogP contribution in [0.2, 0.25) is 0 Å². The van der Waals surface area contributed by atoms with E-state index in [0.29, 0.717) is 10.8 Å². The number of nitrogens with one attached hydrogen (secondary N) is 1. The largest absolute Gasteiger partial charge is 0.435 e. The maximum absolute atomic E-state index is 12.1. The molecule has 0 aromatic heterocycles. The highest BCUT2D eigenvalue weighted by Gasteiger charge is 2.15. The Morgan fingerprint density at radius 1 is 1.04 bits per heavy atom. The van der Waals surface area contributed by atoms with Gasteiger partial charge in [0.05, 0.1) is 0 Å². The van der Waals surface area contributed by atoms with Crippen LogP contribution in [-0.4, -0.2) is 17.8 Å². The van der Waals surface area contributed by atoms with E-state index in [1.807, 2.05) is 49.1 Å². The molecule has 0 unspecified atom stereocenters. The van der Waals surface area contributed by atoms with E-state index in [9.17, 15) is 8.78 Å². The highest BCUT2D eigenvalue weighted by atomic mass is 32.1. The van der Waals surface area contributed by atoms with E-state index in [1.54, 1.807) is 12.1 Å². The molecular weight excluding hydrogens is 318 g/mol. The molecule has 0 heterocycles. The molecule has 23 heavy (non-hydrogen) atoms. The van der Waals surface area contributed by atoms with E-state index < -0.39 is 6.61 Å². The average molecular weight is 336 g/mol. The van der Waals surface area contributed by atoms with E-state index in [4.69, 9.17) is 12.2 Å². The van der Waals surface area contributed by atoms with Crippen molar-refractivity contribution >= 4 is 28.7 Å². The molecule has 1 N–H and O–H groups in total. The number of rotatable bonds is 5. The molecule has 0 radical (unpaired) electrons. The third-order valence-corrected chi connectivity index (χ3v) is 3.40. The third kappa shape index (κ3) is 4.89. The number of ether oxygens (including phenoxy) is 1. The van der Waals surface area contributed by atoms with Crippen molar-refractivity contribution in [3.63, 3.8) is 0 Å². The maximum atomic E-state index is 12.1. The van der Waals surface area contributed by atoms with Gasteiger partial charge in [-0.1, -0.05) is 18.2 Å². The molecule has 0 atom stereocenters. The van der Waals surface area contributed by atoms with Gasteiger partial charge in [-0.3, -0.25) is 0 Å². The monoisotopic (exact) mass is 336 g/mol. The van der Waals surface area contributed by atoms with Gasteiger partial charge in [0.15, 0.2) is 5.11 Å². The number of thiocarbonyl (C=S) groups is 1. The van der Waals surface area contributed by atoms with Crippen molar-refractivity contribution in [2.24, 2.45) is 0 Å². The lowest BCUT2D eigenvalue weighted by Crippen LogP contribution is -2.40. The van der Waals surface area contributed by atoms with Gasteiger partial charge < -0.3 is 15.0 Å². The SMILES string of the molecule is CC(C)N(C(=S)Nc1ccc(OC(F)F)cc1)c1ccccc1. The normalized spacial score (nSPS) is 10.7. The van der Waals surface area contributed by atoms with Crippen LogP contribution in [0.15, 0.2) is 54.6 Å². The predicted octanol–water partition coefficient (Wildman–Crippen LogP) is 4.90. The van der Waals surface area contributed by atoms with Crippen LogP contribution in [0.4, 0.5) is 20.2 Å². The summed E-state index contributed by atoms with van der Waals surface area (Å²) in [6.07, 6.45) is 0. The van der Waals surface area contributed by atoms with Gasteiger partial charge in [0.25, 0.3) is 0 Å². The summed E-state index contributed by atoms with van der Waals surface area (Å²) in [5.41, 5.74) is 1.69. The summed E-state index contributed by atoms with van der Waals surface area (Å²) in [6, 6.07) is 16.2. The van der Waals surface area contributed by atoms with Crippen LogP contribution < -0.4 is 15.0 Å². The Bertz CT molecular complexity index is 633. The molecule has 6 heteroatoms. The molecule has 0 spiro atoms. The summed E-state index contributed by atoms with van der Waals surface area (Å²) in [5.74, 6) is 0.111. The molecule has 0 bridgehead atoms. The van der Waals surface area contributed by atoms with Crippen molar-refractivity contribution in [2.75, 3.05) is 10.2 Å². The Balaban J connectivity index is 2.10. The number of anilines is 2. The number of hydrogen-bond acceptors (Lipinski definition) is 2. The fraction of sp³-hybridized carbons (Fsp3) is 0.235. The van der Waals surface area contributed by atoms with Gasteiger partial charge >= 0.3 is 6.61 Å². The molecule has 0 saturated carbocycles. The second-order valence-electron chi connectivity index (χ2n) is 5.13. The molecule has 0 fully saturated rings. The van der Waals surface area contributed by atoms with Crippen molar-refractivity contribution in [3.05, 3.63) is 54.6 Å². The summed E-state index contributed by atoms with van der Waals surface area (Å²) in [7, 11) is 0. The number of alkyl halides is 2. The Labute approximate surface area is 139 Å². The van der Waals surface area contributed by atoms with Crippen LogP contribution >= 0.6 is 12.2 Å². The zero-order valence-corrected chi connectivity index (χ0v) is 13.7. The molecule has 2 aromatic rings. The van der Waals surface area contributed by atoms with Gasteiger partial charge in [-0.15, -0.1) is 0 Å². The molecule has 122 valence electrons. The lowest BCUT2D eigenvalue weighted by Gasteiger charge is -2.29. The van der Waals surface area contributed by atoms with Crippen molar-refractivity contribution in [2.45, 2.75) is 26.5 Å². The Kier molecular flexibility index (Phi) is 5.87. The summed E-state index contributed by atoms with van der Waals surface area (Å²) in [5, 5.41) is 3.65. The number of hydrogen-bond donors (Lipinski definition) is 1. The van der Waals surface area contributed by atoms with Crippen LogP contribution in [0.5, 0.6) is 5.75 Å². The Morgan fingerprint density at radius 2 is 1.65 bits per heavy atom. The molecule has 0 saturated heterocycles. The minimum atomic E-state index is -2.83. The van der Waals surface area contributed by atoms with Crippen LogP contribution in [0, 0.1) is 0 Å². The Hall–Kier alpha value is -2.21. The summed E-state index contributed by atoms with van der Waals surface area (Å²) < 4.78 is 28.6. The van der Waals surface area contributed by atoms with Gasteiger partial charge in [-0.2, -0.15) is 8.78 Å². The Morgan fingerprint density at radius 3 is 2.17 bits per heavy atom. The third-order valence-electron chi connectivity index (χ3n) is 3.10. The average Bonchev–Trinajstić information content (AvgIpc) is 2.49. The van der Waals surface area contributed by atoms with E-state index in [2.05, 4.69) is 10.1 Å². The fourth-order valence-corrected chi connectivity index (χ4v) is 2.58. The van der Waals surface area contributed by atoms with Gasteiger partial charge in [0.1, 0.15) is 5.75 Å². The first-order valence-corrected chi connectivity index (χ1v) is 7.58.